The molecule has 1 atom stereocenters. The molecule has 0 aromatic heterocycles. The molecule has 0 aliphatic rings. The van der Waals surface area contributed by atoms with Crippen LogP contribution in [0.4, 0.5) is 0 Å². The van der Waals surface area contributed by atoms with Gasteiger partial charge in [-0.05, 0) is 20.3 Å². The van der Waals surface area contributed by atoms with Crippen molar-refractivity contribution in [3.63, 3.8) is 0 Å². The van der Waals surface area contributed by atoms with Gasteiger partial charge in [0.15, 0.2) is 0 Å². The molecule has 3 nitrogen and oxygen atoms in total. The van der Waals surface area contributed by atoms with Gasteiger partial charge in [-0.3, -0.25) is 0 Å². The first-order valence-electron chi connectivity index (χ1n) is 4.36. The quantitative estimate of drug-likeness (QED) is 0.371. The topological polar surface area (TPSA) is 35.5 Å². The average molecular weight is 202 g/mol. The molecule has 0 N–H and O–H groups in total. The van der Waals surface area contributed by atoms with Crippen LogP contribution in [0.15, 0.2) is 12.7 Å². The molecule has 13 heavy (non-hydrogen) atoms. The van der Waals surface area contributed by atoms with E-state index in [1.807, 2.05) is 20.8 Å². The van der Waals surface area contributed by atoms with E-state index in [1.54, 1.807) is 0 Å². The summed E-state index contributed by atoms with van der Waals surface area (Å²) in [4.78, 5) is 11.0. The Morgan fingerprint density at radius 2 is 2.23 bits per heavy atom. The fraction of sp³-hybridized carbons (Fsp3) is 0.667. The molecule has 4 heteroatoms. The van der Waals surface area contributed by atoms with Gasteiger partial charge < -0.3 is 9.16 Å². The van der Waals surface area contributed by atoms with Crippen LogP contribution in [-0.2, 0) is 14.0 Å². The van der Waals surface area contributed by atoms with Crippen LogP contribution in [0.5, 0.6) is 0 Å². The first kappa shape index (κ1) is 12.4. The molecule has 0 aromatic rings. The molecule has 0 amide bonds. The Morgan fingerprint density at radius 1 is 1.69 bits per heavy atom. The molecule has 76 valence electrons. The number of esters is 1. The van der Waals surface area contributed by atoms with Crippen molar-refractivity contribution in [1.29, 1.82) is 0 Å². The third-order valence-corrected chi connectivity index (χ3v) is 3.15. The van der Waals surface area contributed by atoms with Crippen LogP contribution in [0, 0.1) is 0 Å². The highest BCUT2D eigenvalue weighted by molar-refractivity contribution is 5.98. The zero-order valence-corrected chi connectivity index (χ0v) is 10.8. The lowest BCUT2D eigenvalue weighted by molar-refractivity contribution is -0.153. The lowest BCUT2D eigenvalue weighted by Crippen LogP contribution is -2.41. The maximum atomic E-state index is 11.0. The summed E-state index contributed by atoms with van der Waals surface area (Å²) in [5.41, 5.74) is -0.389. The summed E-state index contributed by atoms with van der Waals surface area (Å²) < 4.78 is 10.5. The van der Waals surface area contributed by atoms with Crippen LogP contribution in [-0.4, -0.2) is 28.2 Å². The summed E-state index contributed by atoms with van der Waals surface area (Å²) in [6.45, 7) is 9.15. The van der Waals surface area contributed by atoms with Crippen molar-refractivity contribution < 1.29 is 14.0 Å². The predicted octanol–water partition coefficient (Wildman–Crippen LogP) is 0.570. The normalized spacial score (nSPS) is 13.8. The minimum Gasteiger partial charge on any atom is -0.456 e. The van der Waals surface area contributed by atoms with E-state index in [4.69, 9.17) is 9.16 Å². The Hall–Kier alpha value is -0.613. The molecule has 1 unspecified atom stereocenters. The highest BCUT2D eigenvalue weighted by atomic mass is 28.2. The molecule has 0 spiro atoms. The number of hydrogen-bond donors (Lipinski definition) is 0. The van der Waals surface area contributed by atoms with Crippen molar-refractivity contribution in [2.24, 2.45) is 0 Å². The minimum atomic E-state index is -0.390. The van der Waals surface area contributed by atoms with Crippen LogP contribution >= 0.6 is 0 Å². The fourth-order valence-electron chi connectivity index (χ4n) is 1.04. The number of hydrogen-bond acceptors (Lipinski definition) is 3. The average Bonchev–Trinajstić information content (AvgIpc) is 2.13. The third kappa shape index (κ3) is 3.74. The Kier molecular flexibility index (Phi) is 4.94. The molecule has 0 heterocycles. The zero-order valence-electron chi connectivity index (χ0n) is 8.79. The van der Waals surface area contributed by atoms with E-state index in [-0.39, 0.29) is 11.7 Å². The summed E-state index contributed by atoms with van der Waals surface area (Å²) in [7, 11) is 0.635. The molecule has 0 aliphatic heterocycles. The smallest absolute Gasteiger partial charge is 0.330 e. The fourth-order valence-corrected chi connectivity index (χ4v) is 1.30. The summed E-state index contributed by atoms with van der Waals surface area (Å²) in [6.07, 6.45) is 1.72. The SMILES string of the molecule is C=CC(=O)OC(CC)C(C)(C)O[SiH3]. The second-order valence-electron chi connectivity index (χ2n) is 3.35. The monoisotopic (exact) mass is 202 g/mol. The highest BCUT2D eigenvalue weighted by Gasteiger charge is 2.29. The minimum absolute atomic E-state index is 0.199. The van der Waals surface area contributed by atoms with Gasteiger partial charge in [0.25, 0.3) is 0 Å². The van der Waals surface area contributed by atoms with Gasteiger partial charge in [-0.1, -0.05) is 13.5 Å². The maximum absolute atomic E-state index is 11.0. The van der Waals surface area contributed by atoms with E-state index in [1.165, 1.54) is 6.08 Å². The molecule has 0 rings (SSSR count). The molecule has 0 saturated carbocycles. The Bertz CT molecular complexity index is 189. The van der Waals surface area contributed by atoms with Gasteiger partial charge in [0.05, 0.1) is 5.60 Å². The van der Waals surface area contributed by atoms with Gasteiger partial charge in [0, 0.05) is 6.08 Å². The molecule has 0 fully saturated rings. The molecular weight excluding hydrogens is 184 g/mol. The van der Waals surface area contributed by atoms with E-state index in [9.17, 15) is 4.79 Å². The largest absolute Gasteiger partial charge is 0.456 e. The zero-order chi connectivity index (χ0) is 10.5. The van der Waals surface area contributed by atoms with Gasteiger partial charge in [0.1, 0.15) is 16.6 Å². The number of carbonyl (C=O) groups is 1. The molecule has 0 aromatic carbocycles. The lowest BCUT2D eigenvalue weighted by Gasteiger charge is -2.32. The van der Waals surface area contributed by atoms with Gasteiger partial charge >= 0.3 is 5.97 Å². The summed E-state index contributed by atoms with van der Waals surface area (Å²) in [5.74, 6) is -0.390. The third-order valence-electron chi connectivity index (χ3n) is 2.10. The first-order chi connectivity index (χ1) is 5.97. The van der Waals surface area contributed by atoms with Crippen molar-refractivity contribution in [3.8, 4) is 0 Å². The van der Waals surface area contributed by atoms with Crippen molar-refractivity contribution >= 4 is 16.5 Å². The molecule has 0 aliphatic carbocycles. The molecular formula is C9H18O3Si. The van der Waals surface area contributed by atoms with Crippen LogP contribution < -0.4 is 0 Å². The summed E-state index contributed by atoms with van der Waals surface area (Å²) in [6, 6.07) is 0. The number of ether oxygens (including phenoxy) is 1. The van der Waals surface area contributed by atoms with Crippen LogP contribution in [0.2, 0.25) is 0 Å². The van der Waals surface area contributed by atoms with E-state index in [2.05, 4.69) is 6.58 Å². The molecule has 0 radical (unpaired) electrons. The van der Waals surface area contributed by atoms with E-state index >= 15 is 0 Å². The van der Waals surface area contributed by atoms with Crippen molar-refractivity contribution in [3.05, 3.63) is 12.7 Å². The van der Waals surface area contributed by atoms with Crippen molar-refractivity contribution in [1.82, 2.24) is 0 Å². The van der Waals surface area contributed by atoms with Gasteiger partial charge in [0.2, 0.25) is 0 Å². The van der Waals surface area contributed by atoms with E-state index in [0.717, 1.165) is 6.42 Å². The Morgan fingerprint density at radius 3 is 2.54 bits per heavy atom. The second kappa shape index (κ2) is 5.19. The standard InChI is InChI=1S/C9H18O3Si/c1-5-7(9(3,4)12-13)11-8(10)6-2/h6-7H,2,5H2,1,3-4,13H3. The number of carbonyl (C=O) groups excluding carboxylic acids is 1. The first-order valence-corrected chi connectivity index (χ1v) is 5.17. The van der Waals surface area contributed by atoms with Gasteiger partial charge in [-0.15, -0.1) is 0 Å². The molecule has 0 bridgehead atoms. The van der Waals surface area contributed by atoms with Gasteiger partial charge in [-0.25, -0.2) is 4.79 Å². The van der Waals surface area contributed by atoms with E-state index < -0.39 is 5.97 Å². The number of rotatable bonds is 5. The summed E-state index contributed by atoms with van der Waals surface area (Å²) >= 11 is 0. The second-order valence-corrected chi connectivity index (χ2v) is 3.75. The summed E-state index contributed by atoms with van der Waals surface area (Å²) in [5, 5.41) is 0. The van der Waals surface area contributed by atoms with Crippen LogP contribution in [0.3, 0.4) is 0 Å². The van der Waals surface area contributed by atoms with Crippen molar-refractivity contribution in [2.45, 2.75) is 38.9 Å². The lowest BCUT2D eigenvalue weighted by atomic mass is 10.00. The Labute approximate surface area is 82.7 Å². The van der Waals surface area contributed by atoms with Crippen LogP contribution in [0.25, 0.3) is 0 Å². The highest BCUT2D eigenvalue weighted by Crippen LogP contribution is 2.19. The van der Waals surface area contributed by atoms with Crippen LogP contribution in [0.1, 0.15) is 27.2 Å². The Balaban J connectivity index is 4.33. The molecule has 0 saturated heterocycles. The van der Waals surface area contributed by atoms with E-state index in [0.29, 0.717) is 10.5 Å². The van der Waals surface area contributed by atoms with Crippen molar-refractivity contribution in [2.75, 3.05) is 0 Å². The van der Waals surface area contributed by atoms with Gasteiger partial charge in [-0.2, -0.15) is 0 Å². The maximum Gasteiger partial charge on any atom is 0.330 e. The predicted molar refractivity (Wildman–Crippen MR) is 55.5 cm³/mol.